The number of morpholine rings is 1. The van der Waals surface area contributed by atoms with E-state index in [0.717, 1.165) is 10.7 Å². The van der Waals surface area contributed by atoms with Crippen molar-refractivity contribution in [2.75, 3.05) is 26.3 Å². The van der Waals surface area contributed by atoms with Crippen LogP contribution in [0.1, 0.15) is 31.5 Å². The zero-order chi connectivity index (χ0) is 16.2. The number of amides is 1. The predicted molar refractivity (Wildman–Crippen MR) is 86.1 cm³/mol. The summed E-state index contributed by atoms with van der Waals surface area (Å²) in [6, 6.07) is -0.0108. The number of aryl methyl sites for hydroxylation is 1. The van der Waals surface area contributed by atoms with E-state index in [2.05, 4.69) is 10.3 Å². The third-order valence-corrected chi connectivity index (χ3v) is 4.03. The summed E-state index contributed by atoms with van der Waals surface area (Å²) in [6.07, 6.45) is -0.271. The van der Waals surface area contributed by atoms with Crippen molar-refractivity contribution < 1.29 is 14.3 Å². The quantitative estimate of drug-likeness (QED) is 0.918. The molecule has 0 radical (unpaired) electrons. The second-order valence-electron chi connectivity index (χ2n) is 6.39. The van der Waals surface area contributed by atoms with Crippen molar-refractivity contribution in [2.45, 2.75) is 45.9 Å². The first-order valence-corrected chi connectivity index (χ1v) is 8.42. The lowest BCUT2D eigenvalue weighted by Crippen LogP contribution is -2.54. The van der Waals surface area contributed by atoms with Crippen LogP contribution in [0.2, 0.25) is 0 Å². The van der Waals surface area contributed by atoms with Gasteiger partial charge in [-0.2, -0.15) is 0 Å². The van der Waals surface area contributed by atoms with Gasteiger partial charge >= 0.3 is 6.09 Å². The van der Waals surface area contributed by atoms with Gasteiger partial charge in [0.2, 0.25) is 0 Å². The summed E-state index contributed by atoms with van der Waals surface area (Å²) in [5, 5.41) is 6.46. The molecule has 22 heavy (non-hydrogen) atoms. The van der Waals surface area contributed by atoms with Gasteiger partial charge in [-0.3, -0.25) is 4.90 Å². The van der Waals surface area contributed by atoms with Crippen molar-refractivity contribution in [2.24, 2.45) is 0 Å². The van der Waals surface area contributed by atoms with E-state index in [-0.39, 0.29) is 12.1 Å². The lowest BCUT2D eigenvalue weighted by atomic mass is 10.2. The van der Waals surface area contributed by atoms with Crippen molar-refractivity contribution >= 4 is 17.4 Å². The molecule has 1 saturated heterocycles. The number of nitrogens with one attached hydrogen (secondary N) is 1. The van der Waals surface area contributed by atoms with Crippen LogP contribution in [-0.2, 0) is 16.0 Å². The monoisotopic (exact) mass is 327 g/mol. The second-order valence-corrected chi connectivity index (χ2v) is 7.45. The number of carbonyl (C=O) groups excluding carboxylic acids is 1. The summed E-state index contributed by atoms with van der Waals surface area (Å²) in [4.78, 5) is 18.4. The van der Waals surface area contributed by atoms with Gasteiger partial charge in [0, 0.05) is 25.0 Å². The van der Waals surface area contributed by atoms with Crippen molar-refractivity contribution in [1.29, 1.82) is 0 Å². The standard InChI is InChI=1S/C15H25N3O3S/c1-11-17-12(10-22-11)7-16-8-13-9-20-6-5-18(13)14(19)21-15(2,3)4/h10,13,16H,5-9H2,1-4H3. The highest BCUT2D eigenvalue weighted by atomic mass is 32.1. The minimum atomic E-state index is -0.481. The first-order valence-electron chi connectivity index (χ1n) is 7.54. The van der Waals surface area contributed by atoms with Crippen LogP contribution in [-0.4, -0.2) is 53.9 Å². The zero-order valence-corrected chi connectivity index (χ0v) is 14.5. The van der Waals surface area contributed by atoms with E-state index in [4.69, 9.17) is 9.47 Å². The molecular formula is C15H25N3O3S. The fourth-order valence-electron chi connectivity index (χ4n) is 2.24. The van der Waals surface area contributed by atoms with Crippen molar-refractivity contribution in [3.05, 3.63) is 16.1 Å². The molecule has 0 aromatic carbocycles. The number of ether oxygens (including phenoxy) is 2. The maximum atomic E-state index is 12.3. The van der Waals surface area contributed by atoms with Crippen LogP contribution >= 0.6 is 11.3 Å². The Labute approximate surface area is 135 Å². The van der Waals surface area contributed by atoms with Crippen LogP contribution in [0, 0.1) is 6.92 Å². The summed E-state index contributed by atoms with van der Waals surface area (Å²) >= 11 is 1.64. The maximum absolute atomic E-state index is 12.3. The first-order chi connectivity index (χ1) is 10.3. The second kappa shape index (κ2) is 7.39. The van der Waals surface area contributed by atoms with Crippen LogP contribution in [0.3, 0.4) is 0 Å². The Morgan fingerprint density at radius 3 is 3.00 bits per heavy atom. The van der Waals surface area contributed by atoms with Gasteiger partial charge in [-0.25, -0.2) is 9.78 Å². The molecule has 1 atom stereocenters. The van der Waals surface area contributed by atoms with E-state index >= 15 is 0 Å². The highest BCUT2D eigenvalue weighted by molar-refractivity contribution is 7.09. The molecule has 124 valence electrons. The SMILES string of the molecule is Cc1nc(CNCC2COCCN2C(=O)OC(C)(C)C)cs1. The van der Waals surface area contributed by atoms with Crippen LogP contribution < -0.4 is 5.32 Å². The molecule has 0 aliphatic carbocycles. The van der Waals surface area contributed by atoms with Crippen LogP contribution in [0.25, 0.3) is 0 Å². The molecule has 0 bridgehead atoms. The molecule has 1 aliphatic heterocycles. The Morgan fingerprint density at radius 1 is 1.59 bits per heavy atom. The highest BCUT2D eigenvalue weighted by Crippen LogP contribution is 2.14. The largest absolute Gasteiger partial charge is 0.444 e. The number of hydrogen-bond acceptors (Lipinski definition) is 6. The molecule has 0 spiro atoms. The van der Waals surface area contributed by atoms with E-state index in [0.29, 0.717) is 32.8 Å². The topological polar surface area (TPSA) is 63.7 Å². The smallest absolute Gasteiger partial charge is 0.410 e. The summed E-state index contributed by atoms with van der Waals surface area (Å²) in [5.74, 6) is 0. The van der Waals surface area contributed by atoms with Crippen LogP contribution in [0.5, 0.6) is 0 Å². The fraction of sp³-hybridized carbons (Fsp3) is 0.733. The van der Waals surface area contributed by atoms with Crippen molar-refractivity contribution in [3.8, 4) is 0 Å². The van der Waals surface area contributed by atoms with Gasteiger partial charge in [-0.1, -0.05) is 0 Å². The lowest BCUT2D eigenvalue weighted by molar-refractivity contribution is -0.0317. The van der Waals surface area contributed by atoms with E-state index in [9.17, 15) is 4.79 Å². The first kappa shape index (κ1) is 17.2. The van der Waals surface area contributed by atoms with E-state index in [1.807, 2.05) is 33.1 Å². The van der Waals surface area contributed by atoms with Gasteiger partial charge in [-0.15, -0.1) is 11.3 Å². The molecule has 1 unspecified atom stereocenters. The molecule has 6 nitrogen and oxygen atoms in total. The Hall–Kier alpha value is -1.18. The van der Waals surface area contributed by atoms with Gasteiger partial charge in [0.05, 0.1) is 30.0 Å². The van der Waals surface area contributed by atoms with Crippen LogP contribution in [0.4, 0.5) is 4.79 Å². The van der Waals surface area contributed by atoms with Crippen LogP contribution in [0.15, 0.2) is 5.38 Å². The molecule has 1 amide bonds. The predicted octanol–water partition coefficient (Wildman–Crippen LogP) is 2.18. The number of thiazole rings is 1. The molecule has 1 aromatic rings. The minimum absolute atomic E-state index is 0.0108. The average molecular weight is 327 g/mol. The van der Waals surface area contributed by atoms with Gasteiger partial charge in [-0.05, 0) is 27.7 Å². The van der Waals surface area contributed by atoms with Gasteiger partial charge in [0.15, 0.2) is 0 Å². The molecule has 2 heterocycles. The van der Waals surface area contributed by atoms with E-state index in [1.165, 1.54) is 0 Å². The molecule has 1 aliphatic rings. The van der Waals surface area contributed by atoms with E-state index in [1.54, 1.807) is 16.2 Å². The Balaban J connectivity index is 1.85. The highest BCUT2D eigenvalue weighted by Gasteiger charge is 2.30. The molecule has 1 fully saturated rings. The average Bonchev–Trinajstić information content (AvgIpc) is 2.83. The number of nitrogens with zero attached hydrogens (tertiary/aromatic N) is 2. The molecule has 1 N–H and O–H groups in total. The molecule has 7 heteroatoms. The Bertz CT molecular complexity index is 498. The molecular weight excluding hydrogens is 302 g/mol. The lowest BCUT2D eigenvalue weighted by Gasteiger charge is -2.36. The maximum Gasteiger partial charge on any atom is 0.410 e. The number of rotatable bonds is 4. The zero-order valence-electron chi connectivity index (χ0n) is 13.7. The number of hydrogen-bond donors (Lipinski definition) is 1. The minimum Gasteiger partial charge on any atom is -0.444 e. The summed E-state index contributed by atoms with van der Waals surface area (Å²) in [7, 11) is 0. The Kier molecular flexibility index (Phi) is 5.77. The molecule has 2 rings (SSSR count). The fourth-order valence-corrected chi connectivity index (χ4v) is 2.85. The third kappa shape index (κ3) is 5.23. The van der Waals surface area contributed by atoms with Crippen molar-refractivity contribution in [3.63, 3.8) is 0 Å². The number of carbonyl (C=O) groups is 1. The summed E-state index contributed by atoms with van der Waals surface area (Å²) in [6.45, 7) is 10.6. The van der Waals surface area contributed by atoms with Gasteiger partial charge < -0.3 is 14.8 Å². The molecule has 1 aromatic heterocycles. The normalized spacial score (nSPS) is 19.3. The number of aromatic nitrogens is 1. The van der Waals surface area contributed by atoms with E-state index < -0.39 is 5.60 Å². The third-order valence-electron chi connectivity index (χ3n) is 3.21. The summed E-state index contributed by atoms with van der Waals surface area (Å²) < 4.78 is 11.0. The van der Waals surface area contributed by atoms with Gasteiger partial charge in [0.25, 0.3) is 0 Å². The Morgan fingerprint density at radius 2 is 2.36 bits per heavy atom. The molecule has 0 saturated carbocycles. The summed E-state index contributed by atoms with van der Waals surface area (Å²) in [5.41, 5.74) is 0.550. The van der Waals surface area contributed by atoms with Gasteiger partial charge in [0.1, 0.15) is 5.60 Å². The van der Waals surface area contributed by atoms with Crippen molar-refractivity contribution in [1.82, 2.24) is 15.2 Å².